The molecule has 0 aliphatic rings. The van der Waals surface area contributed by atoms with Crippen LogP contribution >= 0.6 is 0 Å². The molecule has 1 unspecified atom stereocenters. The van der Waals surface area contributed by atoms with Gasteiger partial charge in [0.1, 0.15) is 6.10 Å². The van der Waals surface area contributed by atoms with E-state index in [2.05, 4.69) is 69.2 Å². The van der Waals surface area contributed by atoms with Crippen LogP contribution in [0.2, 0.25) is 0 Å². The maximum atomic E-state index is 9.61. The Morgan fingerprint density at radius 1 is 0.840 bits per heavy atom. The van der Waals surface area contributed by atoms with E-state index < -0.39 is 0 Å². The largest absolute Gasteiger partial charge is 0.394 e. The molecule has 0 heterocycles. The second-order valence-electron chi connectivity index (χ2n) is 10.8. The lowest BCUT2D eigenvalue weighted by Gasteiger charge is -2.34. The van der Waals surface area contributed by atoms with Crippen LogP contribution in [0.25, 0.3) is 0 Å². The Kier molecular flexibility index (Phi) is 9.62. The first kappa shape index (κ1) is 24.8. The summed E-state index contributed by atoms with van der Waals surface area (Å²) in [4.78, 5) is 0. The van der Waals surface area contributed by atoms with Gasteiger partial charge in [0.2, 0.25) is 0 Å². The summed E-state index contributed by atoms with van der Waals surface area (Å²) in [5, 5.41) is 9.61. The van der Waals surface area contributed by atoms with Gasteiger partial charge in [-0.05, 0) is 58.3 Å². The van der Waals surface area contributed by atoms with Crippen LogP contribution in [0.15, 0.2) is 0 Å². The van der Waals surface area contributed by atoms with Crippen molar-refractivity contribution in [3.63, 3.8) is 0 Å². The Hall–Kier alpha value is -0.160. The van der Waals surface area contributed by atoms with Crippen LogP contribution in [0.4, 0.5) is 0 Å². The van der Waals surface area contributed by atoms with Gasteiger partial charge in [-0.15, -0.1) is 0 Å². The zero-order valence-electron chi connectivity index (χ0n) is 18.5. The summed E-state index contributed by atoms with van der Waals surface area (Å²) in [5.41, 5.74) is -0.108. The molecule has 4 heteroatoms. The van der Waals surface area contributed by atoms with E-state index in [1.807, 2.05) is 0 Å². The van der Waals surface area contributed by atoms with Crippen LogP contribution in [0.3, 0.4) is 0 Å². The Balaban J connectivity index is 4.31. The highest BCUT2D eigenvalue weighted by molar-refractivity contribution is 4.77. The molecule has 0 aliphatic carbocycles. The summed E-state index contributed by atoms with van der Waals surface area (Å²) in [5.74, 6) is 0. The van der Waals surface area contributed by atoms with Gasteiger partial charge >= 0.3 is 0 Å². The van der Waals surface area contributed by atoms with Crippen molar-refractivity contribution in [2.75, 3.05) is 26.4 Å². The predicted octanol–water partition coefficient (Wildman–Crippen LogP) is 4.83. The summed E-state index contributed by atoms with van der Waals surface area (Å²) in [7, 11) is 0. The fraction of sp³-hybridized carbons (Fsp3) is 1.00. The highest BCUT2D eigenvalue weighted by atomic mass is 16.6. The Bertz CT molecular complexity index is 361. The molecule has 0 radical (unpaired) electrons. The van der Waals surface area contributed by atoms with Crippen LogP contribution in [-0.4, -0.2) is 48.8 Å². The van der Waals surface area contributed by atoms with Gasteiger partial charge in [0.25, 0.3) is 0 Å². The number of rotatable bonds is 11. The minimum absolute atomic E-state index is 0.0276. The average Bonchev–Trinajstić information content (AvgIpc) is 2.33. The van der Waals surface area contributed by atoms with Crippen molar-refractivity contribution in [2.45, 2.75) is 99.4 Å². The van der Waals surface area contributed by atoms with Gasteiger partial charge in [-0.25, -0.2) is 0 Å². The molecular weight excluding hydrogens is 316 g/mol. The van der Waals surface area contributed by atoms with Gasteiger partial charge in [-0.3, -0.25) is 0 Å². The van der Waals surface area contributed by atoms with Crippen LogP contribution in [0.5, 0.6) is 0 Å². The summed E-state index contributed by atoms with van der Waals surface area (Å²) < 4.78 is 17.7. The van der Waals surface area contributed by atoms with Gasteiger partial charge in [-0.1, -0.05) is 34.6 Å². The third-order valence-electron chi connectivity index (χ3n) is 3.82. The first-order chi connectivity index (χ1) is 11.1. The summed E-state index contributed by atoms with van der Waals surface area (Å²) in [6, 6.07) is 0. The fourth-order valence-corrected chi connectivity index (χ4v) is 2.98. The first-order valence-corrected chi connectivity index (χ1v) is 9.56. The standard InChI is InChI=1S/C21H44O4/c1-18(2,3)15-20(7,8)16-23-17(13-22)14-25-21(9,10)11-12-24-19(4,5)6/h17,22H,11-16H2,1-10H3. The minimum Gasteiger partial charge on any atom is -0.394 e. The monoisotopic (exact) mass is 360 g/mol. The normalized spacial score (nSPS) is 15.5. The minimum atomic E-state index is -0.303. The smallest absolute Gasteiger partial charge is 0.104 e. The fourth-order valence-electron chi connectivity index (χ4n) is 2.98. The van der Waals surface area contributed by atoms with E-state index in [9.17, 15) is 5.11 Å². The van der Waals surface area contributed by atoms with E-state index >= 15 is 0 Å². The van der Waals surface area contributed by atoms with Gasteiger partial charge in [0.05, 0.1) is 31.0 Å². The summed E-state index contributed by atoms with van der Waals surface area (Å²) >= 11 is 0. The molecule has 1 N–H and O–H groups in total. The highest BCUT2D eigenvalue weighted by Crippen LogP contribution is 2.33. The maximum Gasteiger partial charge on any atom is 0.104 e. The third-order valence-corrected chi connectivity index (χ3v) is 3.82. The molecular formula is C21H44O4. The lowest BCUT2D eigenvalue weighted by atomic mass is 9.77. The summed E-state index contributed by atoms with van der Waals surface area (Å²) in [6.07, 6.45) is 1.58. The van der Waals surface area contributed by atoms with E-state index in [0.29, 0.717) is 19.8 Å². The molecule has 0 fully saturated rings. The quantitative estimate of drug-likeness (QED) is 0.573. The molecule has 0 aromatic heterocycles. The van der Waals surface area contributed by atoms with Gasteiger partial charge in [0, 0.05) is 6.61 Å². The molecule has 152 valence electrons. The SMILES string of the molecule is CC(C)(C)CC(C)(C)COC(CO)COC(C)(C)CCOC(C)(C)C. The maximum absolute atomic E-state index is 9.61. The zero-order chi connectivity index (χ0) is 19.9. The molecule has 0 saturated heterocycles. The van der Waals surface area contributed by atoms with Crippen molar-refractivity contribution >= 4 is 0 Å². The summed E-state index contributed by atoms with van der Waals surface area (Å²) in [6.45, 7) is 23.0. The van der Waals surface area contributed by atoms with E-state index in [1.54, 1.807) is 0 Å². The molecule has 0 spiro atoms. The molecule has 0 aliphatic heterocycles. The lowest BCUT2D eigenvalue weighted by molar-refractivity contribution is -0.120. The number of hydrogen-bond donors (Lipinski definition) is 1. The first-order valence-electron chi connectivity index (χ1n) is 9.56. The second kappa shape index (κ2) is 9.68. The van der Waals surface area contributed by atoms with E-state index in [0.717, 1.165) is 12.8 Å². The van der Waals surface area contributed by atoms with Crippen molar-refractivity contribution in [3.8, 4) is 0 Å². The number of ether oxygens (including phenoxy) is 3. The van der Waals surface area contributed by atoms with Gasteiger partial charge in [0.15, 0.2) is 0 Å². The lowest BCUT2D eigenvalue weighted by Crippen LogP contribution is -2.36. The van der Waals surface area contributed by atoms with Crippen molar-refractivity contribution in [2.24, 2.45) is 10.8 Å². The number of hydrogen-bond acceptors (Lipinski definition) is 4. The Labute approximate surface area is 156 Å². The van der Waals surface area contributed by atoms with Crippen LogP contribution in [0.1, 0.15) is 82.1 Å². The number of aliphatic hydroxyl groups is 1. The second-order valence-corrected chi connectivity index (χ2v) is 10.8. The van der Waals surface area contributed by atoms with Crippen LogP contribution < -0.4 is 0 Å². The molecule has 25 heavy (non-hydrogen) atoms. The molecule has 0 aromatic rings. The van der Waals surface area contributed by atoms with E-state index in [1.165, 1.54) is 0 Å². The van der Waals surface area contributed by atoms with Crippen LogP contribution in [0, 0.1) is 10.8 Å². The molecule has 0 rings (SSSR count). The Morgan fingerprint density at radius 3 is 1.84 bits per heavy atom. The average molecular weight is 361 g/mol. The number of aliphatic hydroxyl groups excluding tert-OH is 1. The topological polar surface area (TPSA) is 47.9 Å². The van der Waals surface area contributed by atoms with E-state index in [-0.39, 0.29) is 34.7 Å². The highest BCUT2D eigenvalue weighted by Gasteiger charge is 2.28. The zero-order valence-corrected chi connectivity index (χ0v) is 18.5. The third kappa shape index (κ3) is 14.7. The molecule has 0 saturated carbocycles. The molecule has 1 atom stereocenters. The van der Waals surface area contributed by atoms with E-state index in [4.69, 9.17) is 14.2 Å². The van der Waals surface area contributed by atoms with Crippen molar-refractivity contribution in [1.29, 1.82) is 0 Å². The van der Waals surface area contributed by atoms with Gasteiger partial charge in [-0.2, -0.15) is 0 Å². The molecule has 0 amide bonds. The Morgan fingerprint density at radius 2 is 1.40 bits per heavy atom. The van der Waals surface area contributed by atoms with Crippen molar-refractivity contribution in [3.05, 3.63) is 0 Å². The predicted molar refractivity (Wildman–Crippen MR) is 105 cm³/mol. The van der Waals surface area contributed by atoms with Gasteiger partial charge < -0.3 is 19.3 Å². The van der Waals surface area contributed by atoms with Crippen molar-refractivity contribution < 1.29 is 19.3 Å². The molecule has 4 nitrogen and oxygen atoms in total. The van der Waals surface area contributed by atoms with Crippen molar-refractivity contribution in [1.82, 2.24) is 0 Å². The molecule has 0 aromatic carbocycles. The van der Waals surface area contributed by atoms with Crippen LogP contribution in [-0.2, 0) is 14.2 Å². The molecule has 0 bridgehead atoms.